The quantitative estimate of drug-likeness (QED) is 0.906. The van der Waals surface area contributed by atoms with Gasteiger partial charge in [0, 0.05) is 12.2 Å². The highest BCUT2D eigenvalue weighted by Gasteiger charge is 2.54. The molecule has 0 radical (unpaired) electrons. The molecule has 2 aliphatic carbocycles. The van der Waals surface area contributed by atoms with Gasteiger partial charge in [0.2, 0.25) is 5.03 Å². The molecule has 0 saturated heterocycles. The van der Waals surface area contributed by atoms with Crippen LogP contribution < -0.4 is 4.72 Å². The molecule has 2 N–H and O–H groups in total. The van der Waals surface area contributed by atoms with E-state index in [-0.39, 0.29) is 16.5 Å². The minimum atomic E-state index is -3.65. The molecular weight excluding hydrogens is 300 g/mol. The summed E-state index contributed by atoms with van der Waals surface area (Å²) >= 11 is 0. The number of H-pyrrole nitrogens is 1. The Bertz CT molecular complexity index is 827. The molecule has 2 aromatic rings. The minimum absolute atomic E-state index is 0.000345. The van der Waals surface area contributed by atoms with Gasteiger partial charge in [-0.1, -0.05) is 13.8 Å². The Morgan fingerprint density at radius 3 is 2.91 bits per heavy atom. The van der Waals surface area contributed by atoms with Crippen LogP contribution >= 0.6 is 0 Å². The minimum Gasteiger partial charge on any atom is -0.259 e. The summed E-state index contributed by atoms with van der Waals surface area (Å²) in [6.45, 7) is 4.35. The van der Waals surface area contributed by atoms with E-state index < -0.39 is 10.0 Å². The largest absolute Gasteiger partial charge is 0.260 e. The van der Waals surface area contributed by atoms with E-state index in [0.717, 1.165) is 12.8 Å². The van der Waals surface area contributed by atoms with Gasteiger partial charge in [-0.3, -0.25) is 5.10 Å². The first-order valence-corrected chi connectivity index (χ1v) is 9.19. The van der Waals surface area contributed by atoms with E-state index in [1.807, 2.05) is 0 Å². The summed E-state index contributed by atoms with van der Waals surface area (Å²) in [6.07, 6.45) is 5.07. The first-order chi connectivity index (χ1) is 10.4. The van der Waals surface area contributed by atoms with Gasteiger partial charge in [-0.15, -0.1) is 0 Å². The molecule has 6 nitrogen and oxygen atoms in total. The zero-order chi connectivity index (χ0) is 15.5. The summed E-state index contributed by atoms with van der Waals surface area (Å²) in [4.78, 5) is 4.10. The molecule has 0 amide bonds. The van der Waals surface area contributed by atoms with Crippen molar-refractivity contribution in [1.82, 2.24) is 19.9 Å². The van der Waals surface area contributed by atoms with Crippen molar-refractivity contribution in [3.8, 4) is 0 Å². The molecule has 2 aliphatic rings. The number of rotatable bonds is 3. The smallest absolute Gasteiger partial charge is 0.259 e. The van der Waals surface area contributed by atoms with Crippen LogP contribution in [0.4, 0.5) is 0 Å². The lowest BCUT2D eigenvalue weighted by Crippen LogP contribution is -2.48. The van der Waals surface area contributed by atoms with Gasteiger partial charge in [0.15, 0.2) is 5.65 Å². The molecule has 2 saturated carbocycles. The average molecular weight is 320 g/mol. The summed E-state index contributed by atoms with van der Waals surface area (Å²) in [5.74, 6) is 1.06. The number of aromatic nitrogens is 3. The molecule has 118 valence electrons. The van der Waals surface area contributed by atoms with Gasteiger partial charge in [-0.25, -0.2) is 18.1 Å². The zero-order valence-electron chi connectivity index (χ0n) is 12.7. The van der Waals surface area contributed by atoms with Crippen LogP contribution in [0.5, 0.6) is 0 Å². The van der Waals surface area contributed by atoms with Crippen LogP contribution in [0.25, 0.3) is 11.0 Å². The van der Waals surface area contributed by atoms with E-state index >= 15 is 0 Å². The number of pyridine rings is 1. The van der Waals surface area contributed by atoms with E-state index in [0.29, 0.717) is 22.9 Å². The average Bonchev–Trinajstić information content (AvgIpc) is 3.15. The highest BCUT2D eigenvalue weighted by atomic mass is 32.2. The molecule has 7 heteroatoms. The highest BCUT2D eigenvalue weighted by molar-refractivity contribution is 7.89. The molecular formula is C15H20N4O2S. The fourth-order valence-electron chi connectivity index (χ4n) is 4.36. The van der Waals surface area contributed by atoms with E-state index in [1.54, 1.807) is 18.3 Å². The topological polar surface area (TPSA) is 87.7 Å². The van der Waals surface area contributed by atoms with E-state index in [2.05, 4.69) is 33.8 Å². The lowest BCUT2D eigenvalue weighted by molar-refractivity contribution is 0.169. The van der Waals surface area contributed by atoms with Gasteiger partial charge >= 0.3 is 0 Å². The summed E-state index contributed by atoms with van der Waals surface area (Å²) in [5.41, 5.74) is 0.496. The lowest BCUT2D eigenvalue weighted by atomic mass is 9.73. The fraction of sp³-hybridized carbons (Fsp3) is 0.600. The SMILES string of the molecule is CC1(C)C2CCC(C2)C1NS(=O)(=O)c1n[nH]c2ncccc12. The summed E-state index contributed by atoms with van der Waals surface area (Å²) in [5, 5.41) is 7.26. The Labute approximate surface area is 129 Å². The standard InChI is InChI=1S/C15H20N4O2S/c1-15(2)10-6-5-9(8-10)12(15)19-22(20,21)14-11-4-3-7-16-13(11)17-18-14/h3-4,7,9-10,12,19H,5-6,8H2,1-2H3,(H,16,17,18). The van der Waals surface area contributed by atoms with Crippen LogP contribution in [0.15, 0.2) is 23.4 Å². The van der Waals surface area contributed by atoms with Gasteiger partial charge < -0.3 is 0 Å². The highest BCUT2D eigenvalue weighted by Crippen LogP contribution is 2.55. The van der Waals surface area contributed by atoms with Gasteiger partial charge in [0.25, 0.3) is 10.0 Å². The van der Waals surface area contributed by atoms with Gasteiger partial charge in [-0.05, 0) is 48.6 Å². The van der Waals surface area contributed by atoms with Crippen LogP contribution in [-0.4, -0.2) is 29.6 Å². The Morgan fingerprint density at radius 2 is 2.18 bits per heavy atom. The van der Waals surface area contributed by atoms with Gasteiger partial charge in [0.05, 0.1) is 5.39 Å². The van der Waals surface area contributed by atoms with Crippen molar-refractivity contribution in [3.05, 3.63) is 18.3 Å². The third-order valence-corrected chi connectivity index (χ3v) is 7.02. The lowest BCUT2D eigenvalue weighted by Gasteiger charge is -2.38. The van der Waals surface area contributed by atoms with E-state index in [4.69, 9.17) is 0 Å². The second-order valence-corrected chi connectivity index (χ2v) is 8.75. The molecule has 2 aromatic heterocycles. The first-order valence-electron chi connectivity index (χ1n) is 7.71. The van der Waals surface area contributed by atoms with Crippen LogP contribution in [-0.2, 0) is 10.0 Å². The predicted octanol–water partition coefficient (Wildman–Crippen LogP) is 2.06. The number of sulfonamides is 1. The van der Waals surface area contributed by atoms with Crippen LogP contribution in [0.3, 0.4) is 0 Å². The predicted molar refractivity (Wildman–Crippen MR) is 82.6 cm³/mol. The van der Waals surface area contributed by atoms with Crippen molar-refractivity contribution in [3.63, 3.8) is 0 Å². The molecule has 3 unspecified atom stereocenters. The maximum atomic E-state index is 12.8. The number of fused-ring (bicyclic) bond motifs is 3. The first kappa shape index (κ1) is 14.1. The van der Waals surface area contributed by atoms with Crippen LogP contribution in [0.1, 0.15) is 33.1 Å². The molecule has 2 bridgehead atoms. The number of nitrogens with one attached hydrogen (secondary N) is 2. The molecule has 2 fully saturated rings. The van der Waals surface area contributed by atoms with Crippen molar-refractivity contribution >= 4 is 21.1 Å². The molecule has 0 aromatic carbocycles. The normalized spacial score (nSPS) is 30.2. The molecule has 3 atom stereocenters. The van der Waals surface area contributed by atoms with Crippen molar-refractivity contribution in [2.45, 2.75) is 44.2 Å². The molecule has 4 rings (SSSR count). The van der Waals surface area contributed by atoms with Crippen LogP contribution in [0.2, 0.25) is 0 Å². The van der Waals surface area contributed by atoms with Gasteiger partial charge in [0.1, 0.15) is 0 Å². The van der Waals surface area contributed by atoms with Crippen molar-refractivity contribution in [1.29, 1.82) is 0 Å². The Morgan fingerprint density at radius 1 is 1.36 bits per heavy atom. The number of aromatic amines is 1. The van der Waals surface area contributed by atoms with Crippen molar-refractivity contribution in [2.75, 3.05) is 0 Å². The third kappa shape index (κ3) is 1.91. The molecule has 0 aliphatic heterocycles. The molecule has 0 spiro atoms. The fourth-order valence-corrected chi connectivity index (χ4v) is 5.93. The third-order valence-electron chi connectivity index (χ3n) is 5.64. The molecule has 22 heavy (non-hydrogen) atoms. The van der Waals surface area contributed by atoms with Crippen LogP contribution in [0, 0.1) is 17.3 Å². The van der Waals surface area contributed by atoms with Crippen molar-refractivity contribution < 1.29 is 8.42 Å². The summed E-state index contributed by atoms with van der Waals surface area (Å²) in [7, 11) is -3.65. The van der Waals surface area contributed by atoms with Gasteiger partial charge in [-0.2, -0.15) is 5.10 Å². The maximum absolute atomic E-state index is 12.8. The van der Waals surface area contributed by atoms with Crippen molar-refractivity contribution in [2.24, 2.45) is 17.3 Å². The summed E-state index contributed by atoms with van der Waals surface area (Å²) < 4.78 is 28.5. The zero-order valence-corrected chi connectivity index (χ0v) is 13.5. The Balaban J connectivity index is 1.70. The monoisotopic (exact) mass is 320 g/mol. The van der Waals surface area contributed by atoms with E-state index in [1.165, 1.54) is 6.42 Å². The van der Waals surface area contributed by atoms with E-state index in [9.17, 15) is 8.42 Å². The second kappa shape index (κ2) is 4.52. The Kier molecular flexibility index (Phi) is 2.90. The summed E-state index contributed by atoms with van der Waals surface area (Å²) in [6, 6.07) is 3.43. The number of hydrogen-bond donors (Lipinski definition) is 2. The second-order valence-electron chi connectivity index (χ2n) is 7.12. The maximum Gasteiger partial charge on any atom is 0.260 e. The Hall–Kier alpha value is -1.47. The molecule has 2 heterocycles. The number of nitrogens with zero attached hydrogens (tertiary/aromatic N) is 2. The number of hydrogen-bond acceptors (Lipinski definition) is 4.